The lowest BCUT2D eigenvalue weighted by atomic mass is 9.87. The van der Waals surface area contributed by atoms with Gasteiger partial charge in [-0.3, -0.25) is 0 Å². The first-order valence-electron chi connectivity index (χ1n) is 6.85. The van der Waals surface area contributed by atoms with Crippen LogP contribution in [0, 0.1) is 5.92 Å². The number of nitrogens with one attached hydrogen (secondary N) is 1. The topological polar surface area (TPSA) is 12.0 Å². The highest BCUT2D eigenvalue weighted by atomic mass is 19.4. The summed E-state index contributed by atoms with van der Waals surface area (Å²) in [6, 6.07) is -0.342. The lowest BCUT2D eigenvalue weighted by molar-refractivity contribution is -0.188. The molecule has 0 spiro atoms. The van der Waals surface area contributed by atoms with Crippen LogP contribution in [0.1, 0.15) is 58.3 Å². The summed E-state index contributed by atoms with van der Waals surface area (Å²) in [5.74, 6) is -1.12. The summed E-state index contributed by atoms with van der Waals surface area (Å²) >= 11 is 0. The van der Waals surface area contributed by atoms with Gasteiger partial charge in [0, 0.05) is 6.04 Å². The quantitative estimate of drug-likeness (QED) is 0.695. The smallest absolute Gasteiger partial charge is 0.313 e. The molecule has 1 heterocycles. The molecule has 102 valence electrons. The molecular formula is C13H24F3N. The number of piperidine rings is 1. The van der Waals surface area contributed by atoms with E-state index in [1.165, 1.54) is 12.8 Å². The van der Waals surface area contributed by atoms with Crippen molar-refractivity contribution in [2.24, 2.45) is 5.92 Å². The van der Waals surface area contributed by atoms with Gasteiger partial charge in [0.05, 0.1) is 5.92 Å². The largest absolute Gasteiger partial charge is 0.393 e. The minimum atomic E-state index is -4.03. The van der Waals surface area contributed by atoms with Gasteiger partial charge in [-0.05, 0) is 25.8 Å². The number of alkyl halides is 3. The van der Waals surface area contributed by atoms with Gasteiger partial charge in [0.25, 0.3) is 0 Å². The van der Waals surface area contributed by atoms with Crippen LogP contribution in [0.2, 0.25) is 0 Å². The Morgan fingerprint density at radius 2 is 1.82 bits per heavy atom. The lowest BCUT2D eigenvalue weighted by Crippen LogP contribution is -2.47. The summed E-state index contributed by atoms with van der Waals surface area (Å²) in [6.45, 7) is 2.88. The van der Waals surface area contributed by atoms with Crippen molar-refractivity contribution in [1.82, 2.24) is 5.32 Å². The summed E-state index contributed by atoms with van der Waals surface area (Å²) in [4.78, 5) is 0. The molecule has 0 radical (unpaired) electrons. The Balaban J connectivity index is 2.28. The number of hydrogen-bond acceptors (Lipinski definition) is 1. The molecule has 2 unspecified atom stereocenters. The van der Waals surface area contributed by atoms with Crippen LogP contribution >= 0.6 is 0 Å². The number of unbranched alkanes of at least 4 members (excludes halogenated alkanes) is 4. The van der Waals surface area contributed by atoms with Gasteiger partial charge >= 0.3 is 6.18 Å². The van der Waals surface area contributed by atoms with E-state index in [-0.39, 0.29) is 6.04 Å². The molecule has 1 rings (SSSR count). The first-order valence-corrected chi connectivity index (χ1v) is 6.85. The summed E-state index contributed by atoms with van der Waals surface area (Å²) in [5, 5.41) is 3.05. The lowest BCUT2D eigenvalue weighted by Gasteiger charge is -2.34. The minimum absolute atomic E-state index is 0.302. The second kappa shape index (κ2) is 7.24. The predicted molar refractivity (Wildman–Crippen MR) is 63.9 cm³/mol. The molecule has 1 fully saturated rings. The van der Waals surface area contributed by atoms with Crippen molar-refractivity contribution < 1.29 is 13.2 Å². The molecule has 0 bridgehead atoms. The van der Waals surface area contributed by atoms with Crippen LogP contribution in [0.5, 0.6) is 0 Å². The van der Waals surface area contributed by atoms with Gasteiger partial charge in [-0.2, -0.15) is 13.2 Å². The molecule has 2 atom stereocenters. The van der Waals surface area contributed by atoms with E-state index in [0.29, 0.717) is 19.3 Å². The molecule has 0 aromatic rings. The van der Waals surface area contributed by atoms with Crippen LogP contribution in [0.4, 0.5) is 13.2 Å². The van der Waals surface area contributed by atoms with Crippen LogP contribution in [-0.2, 0) is 0 Å². The Labute approximate surface area is 102 Å². The molecule has 1 N–H and O–H groups in total. The first kappa shape index (κ1) is 14.8. The van der Waals surface area contributed by atoms with Crippen molar-refractivity contribution in [3.8, 4) is 0 Å². The minimum Gasteiger partial charge on any atom is -0.313 e. The Morgan fingerprint density at radius 1 is 1.12 bits per heavy atom. The summed E-state index contributed by atoms with van der Waals surface area (Å²) in [5.41, 5.74) is 0. The van der Waals surface area contributed by atoms with E-state index in [0.717, 1.165) is 25.8 Å². The highest BCUT2D eigenvalue weighted by Crippen LogP contribution is 2.35. The Morgan fingerprint density at radius 3 is 2.47 bits per heavy atom. The van der Waals surface area contributed by atoms with Gasteiger partial charge in [-0.1, -0.05) is 39.0 Å². The van der Waals surface area contributed by atoms with Crippen molar-refractivity contribution in [3.63, 3.8) is 0 Å². The third-order valence-electron chi connectivity index (χ3n) is 3.62. The van der Waals surface area contributed by atoms with Gasteiger partial charge in [0.1, 0.15) is 0 Å². The molecule has 17 heavy (non-hydrogen) atoms. The summed E-state index contributed by atoms with van der Waals surface area (Å²) in [6.07, 6.45) is 3.11. The molecular weight excluding hydrogens is 227 g/mol. The van der Waals surface area contributed by atoms with Crippen molar-refractivity contribution in [2.45, 2.75) is 70.5 Å². The van der Waals surface area contributed by atoms with Gasteiger partial charge in [-0.25, -0.2) is 0 Å². The van der Waals surface area contributed by atoms with Crippen molar-refractivity contribution >= 4 is 0 Å². The maximum atomic E-state index is 12.8. The van der Waals surface area contributed by atoms with E-state index < -0.39 is 12.1 Å². The van der Waals surface area contributed by atoms with Crippen LogP contribution in [-0.4, -0.2) is 18.8 Å². The van der Waals surface area contributed by atoms with Crippen LogP contribution in [0.3, 0.4) is 0 Å². The second-order valence-electron chi connectivity index (χ2n) is 5.05. The number of rotatable bonds is 6. The monoisotopic (exact) mass is 251 g/mol. The average Bonchev–Trinajstić information content (AvgIpc) is 2.28. The molecule has 0 aromatic carbocycles. The van der Waals surface area contributed by atoms with Crippen molar-refractivity contribution in [3.05, 3.63) is 0 Å². The standard InChI is InChI=1S/C13H24F3N/c1-2-3-4-5-6-9-12-11(13(14,15)16)8-7-10-17-12/h11-12,17H,2-10H2,1H3. The molecule has 1 saturated heterocycles. The summed E-state index contributed by atoms with van der Waals surface area (Å²) < 4.78 is 38.3. The van der Waals surface area contributed by atoms with Gasteiger partial charge < -0.3 is 5.32 Å². The molecule has 4 heteroatoms. The van der Waals surface area contributed by atoms with E-state index in [1.807, 2.05) is 0 Å². The van der Waals surface area contributed by atoms with Crippen molar-refractivity contribution in [1.29, 1.82) is 0 Å². The van der Waals surface area contributed by atoms with Crippen molar-refractivity contribution in [2.75, 3.05) is 6.54 Å². The maximum Gasteiger partial charge on any atom is 0.393 e. The summed E-state index contributed by atoms with van der Waals surface area (Å²) in [7, 11) is 0. The van der Waals surface area contributed by atoms with Crippen LogP contribution in [0.25, 0.3) is 0 Å². The highest BCUT2D eigenvalue weighted by molar-refractivity contribution is 4.85. The van der Waals surface area contributed by atoms with Crippen LogP contribution < -0.4 is 5.32 Å². The number of halogens is 3. The maximum absolute atomic E-state index is 12.8. The zero-order valence-electron chi connectivity index (χ0n) is 10.7. The zero-order valence-corrected chi connectivity index (χ0v) is 10.7. The van der Waals surface area contributed by atoms with E-state index in [9.17, 15) is 13.2 Å². The third kappa shape index (κ3) is 5.28. The fourth-order valence-corrected chi connectivity index (χ4v) is 2.62. The SMILES string of the molecule is CCCCCCCC1NCCCC1C(F)(F)F. The van der Waals surface area contributed by atoms with Gasteiger partial charge in [0.2, 0.25) is 0 Å². The molecule has 0 aliphatic carbocycles. The molecule has 0 amide bonds. The van der Waals surface area contributed by atoms with Crippen LogP contribution in [0.15, 0.2) is 0 Å². The average molecular weight is 251 g/mol. The third-order valence-corrected chi connectivity index (χ3v) is 3.62. The fraction of sp³-hybridized carbons (Fsp3) is 1.00. The molecule has 0 aromatic heterocycles. The van der Waals surface area contributed by atoms with Gasteiger partial charge in [0.15, 0.2) is 0 Å². The Bertz CT molecular complexity index is 203. The molecule has 1 nitrogen and oxygen atoms in total. The highest BCUT2D eigenvalue weighted by Gasteiger charge is 2.44. The first-order chi connectivity index (χ1) is 8.05. The van der Waals surface area contributed by atoms with Gasteiger partial charge in [-0.15, -0.1) is 0 Å². The fourth-order valence-electron chi connectivity index (χ4n) is 2.62. The zero-order chi connectivity index (χ0) is 12.7. The normalized spacial score (nSPS) is 26.1. The second-order valence-corrected chi connectivity index (χ2v) is 5.05. The predicted octanol–water partition coefficient (Wildman–Crippen LogP) is 4.28. The molecule has 0 saturated carbocycles. The Hall–Kier alpha value is -0.250. The van der Waals surface area contributed by atoms with E-state index >= 15 is 0 Å². The van der Waals surface area contributed by atoms with E-state index in [2.05, 4.69) is 12.2 Å². The van der Waals surface area contributed by atoms with E-state index in [1.54, 1.807) is 0 Å². The Kier molecular flexibility index (Phi) is 6.31. The van der Waals surface area contributed by atoms with E-state index in [4.69, 9.17) is 0 Å². The molecule has 1 aliphatic rings. The molecule has 1 aliphatic heterocycles. The number of hydrogen-bond donors (Lipinski definition) is 1.